The highest BCUT2D eigenvalue weighted by Gasteiger charge is 2.31. The van der Waals surface area contributed by atoms with Crippen molar-refractivity contribution in [1.29, 1.82) is 0 Å². The molecule has 0 aliphatic heterocycles. The minimum absolute atomic E-state index is 0.101. The summed E-state index contributed by atoms with van der Waals surface area (Å²) in [4.78, 5) is 3.57. The summed E-state index contributed by atoms with van der Waals surface area (Å²) in [7, 11) is 0. The van der Waals surface area contributed by atoms with Crippen molar-refractivity contribution >= 4 is 0 Å². The number of halogens is 3. The average molecular weight is 237 g/mol. The van der Waals surface area contributed by atoms with Crippen LogP contribution in [-0.2, 0) is 6.61 Å². The lowest BCUT2D eigenvalue weighted by molar-refractivity contribution is -0.274. The van der Waals surface area contributed by atoms with E-state index < -0.39 is 24.8 Å². The Bertz CT molecular complexity index is 366. The normalized spacial score (nSPS) is 13.6. The second kappa shape index (κ2) is 4.67. The molecule has 7 heteroatoms. The minimum atomic E-state index is -4.81. The molecular formula is C9H10F3NO3. The molecule has 1 rings (SSSR count). The van der Waals surface area contributed by atoms with Crippen molar-refractivity contribution in [2.45, 2.75) is 26.0 Å². The van der Waals surface area contributed by atoms with E-state index in [2.05, 4.69) is 9.72 Å². The summed E-state index contributed by atoms with van der Waals surface area (Å²) < 4.78 is 39.3. The number of alkyl halides is 3. The molecule has 0 saturated carbocycles. The van der Waals surface area contributed by atoms with Crippen molar-refractivity contribution in [2.24, 2.45) is 0 Å². The van der Waals surface area contributed by atoms with E-state index in [1.165, 1.54) is 6.92 Å². The predicted molar refractivity (Wildman–Crippen MR) is 47.5 cm³/mol. The smallest absolute Gasteiger partial charge is 0.404 e. The fourth-order valence-corrected chi connectivity index (χ4v) is 1.17. The second-order valence-electron chi connectivity index (χ2n) is 3.09. The number of hydrogen-bond acceptors (Lipinski definition) is 4. The molecule has 1 unspecified atom stereocenters. The van der Waals surface area contributed by atoms with Crippen LogP contribution >= 0.6 is 0 Å². The van der Waals surface area contributed by atoms with E-state index in [0.29, 0.717) is 0 Å². The maximum absolute atomic E-state index is 11.9. The summed E-state index contributed by atoms with van der Waals surface area (Å²) in [6, 6.07) is 0.997. The molecule has 0 amide bonds. The van der Waals surface area contributed by atoms with E-state index in [4.69, 9.17) is 5.11 Å². The zero-order valence-electron chi connectivity index (χ0n) is 8.32. The molecule has 0 radical (unpaired) electrons. The molecule has 0 aromatic carbocycles. The van der Waals surface area contributed by atoms with Crippen molar-refractivity contribution in [2.75, 3.05) is 0 Å². The lowest BCUT2D eigenvalue weighted by Crippen LogP contribution is -2.17. The first-order valence-corrected chi connectivity index (χ1v) is 4.37. The van der Waals surface area contributed by atoms with Crippen molar-refractivity contribution < 1.29 is 28.1 Å². The highest BCUT2D eigenvalue weighted by molar-refractivity contribution is 5.30. The Labute approximate surface area is 89.3 Å². The monoisotopic (exact) mass is 237 g/mol. The molecule has 0 bridgehead atoms. The lowest BCUT2D eigenvalue weighted by atomic mass is 10.1. The van der Waals surface area contributed by atoms with Crippen LogP contribution in [0.3, 0.4) is 0 Å². The van der Waals surface area contributed by atoms with E-state index in [0.717, 1.165) is 12.3 Å². The van der Waals surface area contributed by atoms with Gasteiger partial charge in [-0.25, -0.2) is 0 Å². The van der Waals surface area contributed by atoms with Crippen LogP contribution in [0, 0.1) is 0 Å². The fraction of sp³-hybridized carbons (Fsp3) is 0.444. The van der Waals surface area contributed by atoms with Gasteiger partial charge < -0.3 is 14.9 Å². The summed E-state index contributed by atoms with van der Waals surface area (Å²) in [5, 5.41) is 18.1. The van der Waals surface area contributed by atoms with Crippen LogP contribution in [0.25, 0.3) is 0 Å². The van der Waals surface area contributed by atoms with Gasteiger partial charge in [-0.1, -0.05) is 0 Å². The van der Waals surface area contributed by atoms with Crippen LogP contribution in [0.15, 0.2) is 12.3 Å². The maximum atomic E-state index is 11.9. The van der Waals surface area contributed by atoms with E-state index >= 15 is 0 Å². The van der Waals surface area contributed by atoms with Gasteiger partial charge in [-0.3, -0.25) is 4.98 Å². The minimum Gasteiger partial charge on any atom is -0.404 e. The Hall–Kier alpha value is -1.34. The predicted octanol–water partition coefficient (Wildman–Crippen LogP) is 1.53. The summed E-state index contributed by atoms with van der Waals surface area (Å²) in [6.45, 7) is 0.889. The molecule has 0 aliphatic rings. The SMILES string of the molecule is CC(O)c1cc(OC(F)(F)F)cnc1CO. The van der Waals surface area contributed by atoms with Crippen LogP contribution in [0.1, 0.15) is 24.3 Å². The zero-order chi connectivity index (χ0) is 12.3. The van der Waals surface area contributed by atoms with E-state index in [1.54, 1.807) is 0 Å². The van der Waals surface area contributed by atoms with Gasteiger partial charge in [-0.2, -0.15) is 0 Å². The summed E-state index contributed by atoms with van der Waals surface area (Å²) in [5.41, 5.74) is 0.216. The molecule has 1 aromatic heterocycles. The number of rotatable bonds is 3. The molecule has 2 N–H and O–H groups in total. The van der Waals surface area contributed by atoms with Crippen molar-refractivity contribution in [3.63, 3.8) is 0 Å². The number of nitrogens with zero attached hydrogens (tertiary/aromatic N) is 1. The summed E-state index contributed by atoms with van der Waals surface area (Å²) in [6.07, 6.45) is -5.00. The Morgan fingerprint density at radius 3 is 2.56 bits per heavy atom. The molecule has 0 aliphatic carbocycles. The average Bonchev–Trinajstić information content (AvgIpc) is 2.15. The quantitative estimate of drug-likeness (QED) is 0.836. The van der Waals surface area contributed by atoms with Crippen LogP contribution in [-0.4, -0.2) is 21.6 Å². The standard InChI is InChI=1S/C9H10F3NO3/c1-5(15)7-2-6(16-9(10,11)12)3-13-8(7)4-14/h2-3,5,14-15H,4H2,1H3. The van der Waals surface area contributed by atoms with Gasteiger partial charge in [0.2, 0.25) is 0 Å². The Kier molecular flexibility index (Phi) is 3.71. The van der Waals surface area contributed by atoms with Gasteiger partial charge in [0, 0.05) is 5.56 Å². The first-order valence-electron chi connectivity index (χ1n) is 4.37. The molecule has 0 saturated heterocycles. The molecule has 90 valence electrons. The van der Waals surface area contributed by atoms with Gasteiger partial charge in [-0.05, 0) is 13.0 Å². The number of aliphatic hydroxyl groups excluding tert-OH is 2. The molecule has 1 heterocycles. The highest BCUT2D eigenvalue weighted by Crippen LogP contribution is 2.26. The third-order valence-corrected chi connectivity index (χ3v) is 1.81. The Morgan fingerprint density at radius 2 is 2.12 bits per heavy atom. The van der Waals surface area contributed by atoms with Gasteiger partial charge in [0.15, 0.2) is 0 Å². The highest BCUT2D eigenvalue weighted by atomic mass is 19.4. The zero-order valence-corrected chi connectivity index (χ0v) is 8.32. The largest absolute Gasteiger partial charge is 0.573 e. The molecule has 1 aromatic rings. The number of pyridine rings is 1. The molecule has 4 nitrogen and oxygen atoms in total. The number of ether oxygens (including phenoxy) is 1. The third kappa shape index (κ3) is 3.35. The van der Waals surface area contributed by atoms with Gasteiger partial charge >= 0.3 is 6.36 Å². The van der Waals surface area contributed by atoms with Crippen molar-refractivity contribution in [3.8, 4) is 5.75 Å². The van der Waals surface area contributed by atoms with Gasteiger partial charge in [-0.15, -0.1) is 13.2 Å². The summed E-state index contributed by atoms with van der Waals surface area (Å²) in [5.74, 6) is -0.527. The van der Waals surface area contributed by atoms with Crippen LogP contribution in [0.5, 0.6) is 5.75 Å². The van der Waals surface area contributed by atoms with E-state index in [-0.39, 0.29) is 11.3 Å². The van der Waals surface area contributed by atoms with E-state index in [9.17, 15) is 18.3 Å². The molecule has 0 fully saturated rings. The number of hydrogen-bond donors (Lipinski definition) is 2. The summed E-state index contributed by atoms with van der Waals surface area (Å²) >= 11 is 0. The Balaban J connectivity index is 3.02. The van der Waals surface area contributed by atoms with Crippen LogP contribution in [0.2, 0.25) is 0 Å². The molecule has 1 atom stereocenters. The molecular weight excluding hydrogens is 227 g/mol. The molecule has 0 spiro atoms. The van der Waals surface area contributed by atoms with Crippen molar-refractivity contribution in [3.05, 3.63) is 23.5 Å². The first-order chi connectivity index (χ1) is 7.33. The first kappa shape index (κ1) is 12.7. The van der Waals surface area contributed by atoms with Gasteiger partial charge in [0.25, 0.3) is 0 Å². The maximum Gasteiger partial charge on any atom is 0.573 e. The third-order valence-electron chi connectivity index (χ3n) is 1.81. The number of aliphatic hydroxyl groups is 2. The van der Waals surface area contributed by atoms with Gasteiger partial charge in [0.05, 0.1) is 24.6 Å². The van der Waals surface area contributed by atoms with Crippen LogP contribution in [0.4, 0.5) is 13.2 Å². The Morgan fingerprint density at radius 1 is 1.50 bits per heavy atom. The molecule has 16 heavy (non-hydrogen) atoms. The second-order valence-corrected chi connectivity index (χ2v) is 3.09. The fourth-order valence-electron chi connectivity index (χ4n) is 1.17. The lowest BCUT2D eigenvalue weighted by Gasteiger charge is -2.13. The van der Waals surface area contributed by atoms with Crippen LogP contribution < -0.4 is 4.74 Å². The van der Waals surface area contributed by atoms with Gasteiger partial charge in [0.1, 0.15) is 5.75 Å². The van der Waals surface area contributed by atoms with E-state index in [1.807, 2.05) is 0 Å². The topological polar surface area (TPSA) is 62.6 Å². The number of aromatic nitrogens is 1. The van der Waals surface area contributed by atoms with Crippen molar-refractivity contribution in [1.82, 2.24) is 4.98 Å².